The van der Waals surface area contributed by atoms with Gasteiger partial charge >= 0.3 is 0 Å². The van der Waals surface area contributed by atoms with E-state index in [2.05, 4.69) is 15.5 Å². The number of anilines is 1. The molecule has 0 fully saturated rings. The maximum Gasteiger partial charge on any atom is 0.269 e. The van der Waals surface area contributed by atoms with Crippen LogP contribution < -0.4 is 5.32 Å². The number of azo groups is 1. The number of aromatic hydroxyl groups is 1. The molecule has 8 nitrogen and oxygen atoms in total. The van der Waals surface area contributed by atoms with Gasteiger partial charge in [-0.1, -0.05) is 25.1 Å². The van der Waals surface area contributed by atoms with Crippen LogP contribution in [0.1, 0.15) is 13.3 Å². The number of non-ortho nitro benzene ring substituents is 1. The summed E-state index contributed by atoms with van der Waals surface area (Å²) in [5.74, 6) is 0.0416. The monoisotopic (exact) mass is 383 g/mol. The van der Waals surface area contributed by atoms with E-state index < -0.39 is 4.92 Å². The predicted molar refractivity (Wildman–Crippen MR) is 108 cm³/mol. The summed E-state index contributed by atoms with van der Waals surface area (Å²) in [6, 6.07) is 13.3. The molecule has 0 aliphatic rings. The normalized spacial score (nSPS) is 11.1. The van der Waals surface area contributed by atoms with Crippen molar-refractivity contribution in [2.24, 2.45) is 10.2 Å². The highest BCUT2D eigenvalue weighted by Gasteiger charge is 2.15. The van der Waals surface area contributed by atoms with Gasteiger partial charge in [-0.25, -0.2) is 0 Å². The molecule has 0 aliphatic carbocycles. The van der Waals surface area contributed by atoms with Crippen LogP contribution in [0.3, 0.4) is 0 Å². The molecule has 0 bridgehead atoms. The highest BCUT2D eigenvalue weighted by Crippen LogP contribution is 2.38. The third-order valence-corrected chi connectivity index (χ3v) is 4.12. The van der Waals surface area contributed by atoms with E-state index in [1.54, 1.807) is 4.57 Å². The Morgan fingerprint density at radius 2 is 1.96 bits per heavy atom. The number of hydrogen-bond donors (Lipinski definition) is 2. The first-order chi connectivity index (χ1) is 13.0. The minimum atomic E-state index is -0.476. The van der Waals surface area contributed by atoms with Crippen LogP contribution in [0, 0.1) is 10.1 Å². The maximum atomic E-state index is 10.7. The van der Waals surface area contributed by atoms with E-state index in [0.29, 0.717) is 17.9 Å². The molecule has 0 radical (unpaired) electrons. The number of rotatable bonds is 5. The number of nitro benzene ring substituents is 1. The van der Waals surface area contributed by atoms with Gasteiger partial charge in [0.25, 0.3) is 5.69 Å². The Labute approximate surface area is 160 Å². The summed E-state index contributed by atoms with van der Waals surface area (Å²) in [5.41, 5.74) is 1.77. The van der Waals surface area contributed by atoms with Crippen molar-refractivity contribution in [2.75, 3.05) is 5.32 Å². The molecule has 0 saturated carbocycles. The number of aryl methyl sites for hydroxylation is 1. The number of thiocarbonyl (C=S) groups is 1. The largest absolute Gasteiger partial charge is 0.493 e. The molecular weight excluding hydrogens is 366 g/mol. The first-order valence-corrected chi connectivity index (χ1v) is 8.69. The van der Waals surface area contributed by atoms with E-state index in [4.69, 9.17) is 12.2 Å². The second-order valence-electron chi connectivity index (χ2n) is 5.78. The topological polar surface area (TPSA) is 105 Å². The summed E-state index contributed by atoms with van der Waals surface area (Å²) < 4.78 is 1.79. The second-order valence-corrected chi connectivity index (χ2v) is 6.16. The SMILES string of the molecule is CCCn1c(O)c(N=NC(=S)Nc2ccc([N+](=O)[O-])cc2)c2ccccc21. The smallest absolute Gasteiger partial charge is 0.269 e. The van der Waals surface area contributed by atoms with Crippen molar-refractivity contribution in [1.29, 1.82) is 0 Å². The van der Waals surface area contributed by atoms with Crippen LogP contribution >= 0.6 is 12.2 Å². The molecule has 2 aromatic carbocycles. The van der Waals surface area contributed by atoms with Gasteiger partial charge < -0.3 is 15.0 Å². The lowest BCUT2D eigenvalue weighted by molar-refractivity contribution is -0.384. The molecule has 0 unspecified atom stereocenters. The van der Waals surface area contributed by atoms with Crippen LogP contribution in [0.4, 0.5) is 17.1 Å². The number of nitrogens with one attached hydrogen (secondary N) is 1. The molecule has 27 heavy (non-hydrogen) atoms. The third-order valence-electron chi connectivity index (χ3n) is 3.93. The van der Waals surface area contributed by atoms with Crippen molar-refractivity contribution in [3.8, 4) is 5.88 Å². The fourth-order valence-electron chi connectivity index (χ4n) is 2.73. The van der Waals surface area contributed by atoms with Crippen LogP contribution in [0.5, 0.6) is 5.88 Å². The summed E-state index contributed by atoms with van der Waals surface area (Å²) in [7, 11) is 0. The highest BCUT2D eigenvalue weighted by atomic mass is 32.1. The van der Waals surface area contributed by atoms with Gasteiger partial charge in [0.05, 0.1) is 10.4 Å². The zero-order valence-electron chi connectivity index (χ0n) is 14.5. The third kappa shape index (κ3) is 3.93. The lowest BCUT2D eigenvalue weighted by Crippen LogP contribution is -2.04. The van der Waals surface area contributed by atoms with Gasteiger partial charge in [0, 0.05) is 29.8 Å². The molecule has 0 aliphatic heterocycles. The Morgan fingerprint density at radius 1 is 1.26 bits per heavy atom. The van der Waals surface area contributed by atoms with Crippen molar-refractivity contribution in [3.05, 3.63) is 58.6 Å². The summed E-state index contributed by atoms with van der Waals surface area (Å²) in [4.78, 5) is 10.2. The molecule has 9 heteroatoms. The average Bonchev–Trinajstić information content (AvgIpc) is 2.92. The quantitative estimate of drug-likeness (QED) is 0.274. The van der Waals surface area contributed by atoms with Crippen molar-refractivity contribution in [1.82, 2.24) is 4.57 Å². The zero-order valence-corrected chi connectivity index (χ0v) is 15.3. The van der Waals surface area contributed by atoms with Crippen LogP contribution in [-0.2, 0) is 6.54 Å². The van der Waals surface area contributed by atoms with E-state index in [-0.39, 0.29) is 16.7 Å². The first-order valence-electron chi connectivity index (χ1n) is 8.28. The molecule has 0 saturated heterocycles. The zero-order chi connectivity index (χ0) is 19.4. The Bertz CT molecular complexity index is 1030. The summed E-state index contributed by atoms with van der Waals surface area (Å²) >= 11 is 5.15. The van der Waals surface area contributed by atoms with E-state index in [9.17, 15) is 15.2 Å². The van der Waals surface area contributed by atoms with E-state index in [0.717, 1.165) is 17.3 Å². The Balaban J connectivity index is 1.82. The number of fused-ring (bicyclic) bond motifs is 1. The van der Waals surface area contributed by atoms with Gasteiger partial charge in [0.2, 0.25) is 11.0 Å². The van der Waals surface area contributed by atoms with Gasteiger partial charge in [0.1, 0.15) is 0 Å². The average molecular weight is 383 g/mol. The predicted octanol–water partition coefficient (Wildman–Crippen LogP) is 5.15. The Kier molecular flexibility index (Phi) is 5.41. The van der Waals surface area contributed by atoms with Gasteiger partial charge in [0.15, 0.2) is 5.69 Å². The number of benzene rings is 2. The molecule has 1 heterocycles. The van der Waals surface area contributed by atoms with Crippen LogP contribution in [0.2, 0.25) is 0 Å². The summed E-state index contributed by atoms with van der Waals surface area (Å²) in [6.07, 6.45) is 0.864. The lowest BCUT2D eigenvalue weighted by atomic mass is 10.2. The molecule has 0 atom stereocenters. The van der Waals surface area contributed by atoms with Crippen LogP contribution in [-0.4, -0.2) is 19.7 Å². The molecule has 3 rings (SSSR count). The minimum absolute atomic E-state index is 0.0123. The van der Waals surface area contributed by atoms with Crippen LogP contribution in [0.15, 0.2) is 58.8 Å². The number of nitrogens with zero attached hydrogens (tertiary/aromatic N) is 4. The first kappa shape index (κ1) is 18.5. The fourth-order valence-corrected chi connectivity index (χ4v) is 2.89. The molecule has 138 valence electrons. The van der Waals surface area contributed by atoms with Gasteiger partial charge in [-0.2, -0.15) is 0 Å². The van der Waals surface area contributed by atoms with E-state index in [1.165, 1.54) is 24.3 Å². The lowest BCUT2D eigenvalue weighted by Gasteiger charge is -2.04. The number of para-hydroxylation sites is 1. The number of hydrogen-bond acceptors (Lipinski definition) is 5. The molecule has 0 amide bonds. The Hall–Kier alpha value is -3.33. The van der Waals surface area contributed by atoms with Gasteiger partial charge in [-0.15, -0.1) is 10.2 Å². The van der Waals surface area contributed by atoms with Crippen molar-refractivity contribution >= 4 is 45.3 Å². The van der Waals surface area contributed by atoms with Crippen molar-refractivity contribution in [2.45, 2.75) is 19.9 Å². The number of nitro groups is 1. The molecule has 0 spiro atoms. The standard InChI is InChI=1S/C18H17N5O3S/c1-2-11-22-15-6-4-3-5-14(15)16(17(22)24)20-21-18(27)19-12-7-9-13(10-8-12)23(25)26/h3-10,24H,2,11H2,1H3,(H,19,27). The summed E-state index contributed by atoms with van der Waals surface area (Å²) in [5, 5.41) is 33.0. The van der Waals surface area contributed by atoms with Crippen molar-refractivity contribution in [3.63, 3.8) is 0 Å². The molecular formula is C18H17N5O3S. The van der Waals surface area contributed by atoms with E-state index in [1.807, 2.05) is 31.2 Å². The van der Waals surface area contributed by atoms with Gasteiger partial charge in [-0.3, -0.25) is 10.1 Å². The number of aromatic nitrogens is 1. The van der Waals surface area contributed by atoms with Crippen molar-refractivity contribution < 1.29 is 10.0 Å². The maximum absolute atomic E-state index is 10.7. The molecule has 3 aromatic rings. The second kappa shape index (κ2) is 7.92. The van der Waals surface area contributed by atoms with Gasteiger partial charge in [-0.05, 0) is 36.8 Å². The Morgan fingerprint density at radius 3 is 2.63 bits per heavy atom. The molecule has 1 aromatic heterocycles. The fraction of sp³-hybridized carbons (Fsp3) is 0.167. The van der Waals surface area contributed by atoms with E-state index >= 15 is 0 Å². The highest BCUT2D eigenvalue weighted by molar-refractivity contribution is 7.80. The van der Waals surface area contributed by atoms with Crippen LogP contribution in [0.25, 0.3) is 10.9 Å². The molecule has 2 N–H and O–H groups in total. The summed E-state index contributed by atoms with van der Waals surface area (Å²) in [6.45, 7) is 2.69. The minimum Gasteiger partial charge on any atom is -0.493 e.